The van der Waals surface area contributed by atoms with Crippen molar-refractivity contribution in [2.75, 3.05) is 12.3 Å². The van der Waals surface area contributed by atoms with Crippen LogP contribution in [-0.2, 0) is 4.79 Å². The molecule has 0 amide bonds. The van der Waals surface area contributed by atoms with Crippen molar-refractivity contribution in [3.05, 3.63) is 0 Å². The van der Waals surface area contributed by atoms with Gasteiger partial charge in [-0.3, -0.25) is 4.79 Å². The molecule has 1 N–H and O–H groups in total. The van der Waals surface area contributed by atoms with Crippen LogP contribution >= 0.6 is 11.8 Å². The molecule has 0 radical (unpaired) electrons. The summed E-state index contributed by atoms with van der Waals surface area (Å²) in [4.78, 5) is 10.4. The van der Waals surface area contributed by atoms with Crippen molar-refractivity contribution >= 4 is 22.8 Å². The van der Waals surface area contributed by atoms with Gasteiger partial charge >= 0.3 is 5.97 Å². The summed E-state index contributed by atoms with van der Waals surface area (Å²) in [5.41, 5.74) is 0.115. The summed E-state index contributed by atoms with van der Waals surface area (Å²) in [5, 5.41) is 9.83. The lowest BCUT2D eigenvalue weighted by Crippen LogP contribution is -2.37. The SMILES string of the molecule is CC1=[N+](CCC(=O)O)C(C)(C)CS1. The van der Waals surface area contributed by atoms with Crippen molar-refractivity contribution in [1.29, 1.82) is 0 Å². The van der Waals surface area contributed by atoms with Crippen molar-refractivity contribution in [2.24, 2.45) is 0 Å². The summed E-state index contributed by atoms with van der Waals surface area (Å²) in [6.45, 7) is 6.99. The van der Waals surface area contributed by atoms with E-state index in [0.29, 0.717) is 6.54 Å². The summed E-state index contributed by atoms with van der Waals surface area (Å²) in [6.07, 6.45) is 0.224. The minimum absolute atomic E-state index is 0.115. The molecular formula is C9H16NO2S+. The van der Waals surface area contributed by atoms with Gasteiger partial charge in [0.2, 0.25) is 5.04 Å². The fourth-order valence-electron chi connectivity index (χ4n) is 1.53. The molecule has 1 aliphatic heterocycles. The molecular weight excluding hydrogens is 186 g/mol. The summed E-state index contributed by atoms with van der Waals surface area (Å²) in [5.74, 6) is 0.332. The van der Waals surface area contributed by atoms with Crippen LogP contribution in [0.1, 0.15) is 27.2 Å². The van der Waals surface area contributed by atoms with Gasteiger partial charge < -0.3 is 5.11 Å². The Labute approximate surface area is 82.8 Å². The van der Waals surface area contributed by atoms with Crippen LogP contribution < -0.4 is 0 Å². The Hall–Kier alpha value is -0.510. The smallest absolute Gasteiger partial charge is 0.309 e. The minimum Gasteiger partial charge on any atom is -0.481 e. The Bertz CT molecular complexity index is 258. The van der Waals surface area contributed by atoms with Crippen LogP contribution in [0.4, 0.5) is 0 Å². The van der Waals surface area contributed by atoms with Crippen LogP contribution in [0.2, 0.25) is 0 Å². The number of thioether (sulfide) groups is 1. The second-order valence-corrected chi connectivity index (χ2v) is 5.08. The first-order valence-corrected chi connectivity index (χ1v) is 5.38. The highest BCUT2D eigenvalue weighted by molar-refractivity contribution is 8.13. The predicted octanol–water partition coefficient (Wildman–Crippen LogP) is 1.42. The Morgan fingerprint density at radius 3 is 2.69 bits per heavy atom. The van der Waals surface area contributed by atoms with Crippen LogP contribution in [0.25, 0.3) is 0 Å². The number of carbonyl (C=O) groups is 1. The number of aliphatic carboxylic acids is 1. The number of carboxylic acid groups (broad SMARTS) is 1. The normalized spacial score (nSPS) is 20.8. The highest BCUT2D eigenvalue weighted by atomic mass is 32.2. The second-order valence-electron chi connectivity index (χ2n) is 3.92. The monoisotopic (exact) mass is 202 g/mol. The molecule has 0 aromatic rings. The van der Waals surface area contributed by atoms with E-state index in [1.807, 2.05) is 11.8 Å². The lowest BCUT2D eigenvalue weighted by atomic mass is 10.1. The summed E-state index contributed by atoms with van der Waals surface area (Å²) in [6, 6.07) is 0. The molecule has 0 fully saturated rings. The van der Waals surface area contributed by atoms with Gasteiger partial charge in [-0.25, -0.2) is 4.58 Å². The summed E-state index contributed by atoms with van der Waals surface area (Å²) in [7, 11) is 0. The quantitative estimate of drug-likeness (QED) is 0.704. The van der Waals surface area contributed by atoms with Gasteiger partial charge in [0.05, 0.1) is 5.75 Å². The predicted molar refractivity (Wildman–Crippen MR) is 54.6 cm³/mol. The molecule has 0 spiro atoms. The first-order chi connectivity index (χ1) is 5.93. The molecule has 13 heavy (non-hydrogen) atoms. The van der Waals surface area contributed by atoms with E-state index in [0.717, 1.165) is 5.75 Å². The lowest BCUT2D eigenvalue weighted by molar-refractivity contribution is -0.589. The minimum atomic E-state index is -0.722. The molecule has 1 aliphatic rings. The van der Waals surface area contributed by atoms with Gasteiger partial charge in [-0.1, -0.05) is 11.8 Å². The maximum atomic E-state index is 10.4. The van der Waals surface area contributed by atoms with E-state index in [1.54, 1.807) is 0 Å². The van der Waals surface area contributed by atoms with Gasteiger partial charge in [-0.2, -0.15) is 0 Å². The van der Waals surface area contributed by atoms with Gasteiger partial charge in [-0.15, -0.1) is 0 Å². The molecule has 0 aromatic heterocycles. The van der Waals surface area contributed by atoms with E-state index in [4.69, 9.17) is 5.11 Å². The van der Waals surface area contributed by atoms with E-state index < -0.39 is 5.97 Å². The molecule has 0 aliphatic carbocycles. The maximum absolute atomic E-state index is 10.4. The average Bonchev–Trinajstić information content (AvgIpc) is 2.23. The first-order valence-electron chi connectivity index (χ1n) is 4.39. The van der Waals surface area contributed by atoms with Gasteiger partial charge in [0, 0.05) is 20.8 Å². The van der Waals surface area contributed by atoms with E-state index >= 15 is 0 Å². The fraction of sp³-hybridized carbons (Fsp3) is 0.778. The van der Waals surface area contributed by atoms with Gasteiger partial charge in [0.25, 0.3) is 0 Å². The largest absolute Gasteiger partial charge is 0.481 e. The number of hydrogen-bond donors (Lipinski definition) is 1. The van der Waals surface area contributed by atoms with Crippen molar-refractivity contribution < 1.29 is 14.5 Å². The molecule has 4 heteroatoms. The first kappa shape index (κ1) is 10.6. The van der Waals surface area contributed by atoms with Crippen LogP contribution in [-0.4, -0.2) is 38.5 Å². The molecule has 0 aromatic carbocycles. The number of hydrogen-bond acceptors (Lipinski definition) is 2. The van der Waals surface area contributed by atoms with Crippen molar-refractivity contribution in [1.82, 2.24) is 0 Å². The summed E-state index contributed by atoms with van der Waals surface area (Å²) >= 11 is 1.81. The molecule has 1 rings (SSSR count). The van der Waals surface area contributed by atoms with E-state index in [-0.39, 0.29) is 12.0 Å². The fourth-order valence-corrected chi connectivity index (χ4v) is 2.74. The third kappa shape index (κ3) is 2.46. The average molecular weight is 202 g/mol. The van der Waals surface area contributed by atoms with E-state index in [2.05, 4.69) is 25.3 Å². The number of nitrogens with zero attached hydrogens (tertiary/aromatic N) is 1. The van der Waals surface area contributed by atoms with E-state index in [1.165, 1.54) is 5.04 Å². The number of rotatable bonds is 3. The number of carboxylic acids is 1. The van der Waals surface area contributed by atoms with Crippen molar-refractivity contribution in [3.8, 4) is 0 Å². The molecule has 0 atom stereocenters. The van der Waals surface area contributed by atoms with Crippen LogP contribution in [0.3, 0.4) is 0 Å². The van der Waals surface area contributed by atoms with Gasteiger partial charge in [-0.05, 0) is 0 Å². The molecule has 1 heterocycles. The molecule has 0 saturated carbocycles. The van der Waals surface area contributed by atoms with Crippen molar-refractivity contribution in [2.45, 2.75) is 32.7 Å². The molecule has 3 nitrogen and oxygen atoms in total. The molecule has 0 saturated heterocycles. The topological polar surface area (TPSA) is 40.3 Å². The zero-order chi connectivity index (χ0) is 10.1. The molecule has 0 bridgehead atoms. The van der Waals surface area contributed by atoms with E-state index in [9.17, 15) is 4.79 Å². The third-order valence-electron chi connectivity index (χ3n) is 2.29. The van der Waals surface area contributed by atoms with Crippen LogP contribution in [0, 0.1) is 0 Å². The van der Waals surface area contributed by atoms with Gasteiger partial charge in [0.15, 0.2) is 12.1 Å². The zero-order valence-corrected chi connectivity index (χ0v) is 9.15. The Morgan fingerprint density at radius 1 is 1.69 bits per heavy atom. The molecule has 74 valence electrons. The Balaban J connectivity index is 2.66. The Kier molecular flexibility index (Phi) is 3.01. The highest BCUT2D eigenvalue weighted by Gasteiger charge is 2.38. The van der Waals surface area contributed by atoms with Crippen molar-refractivity contribution in [3.63, 3.8) is 0 Å². The zero-order valence-electron chi connectivity index (χ0n) is 8.33. The highest BCUT2D eigenvalue weighted by Crippen LogP contribution is 2.26. The third-order valence-corrected chi connectivity index (χ3v) is 3.78. The second kappa shape index (κ2) is 3.70. The molecule has 0 unspecified atom stereocenters. The lowest BCUT2D eigenvalue weighted by Gasteiger charge is -2.15. The van der Waals surface area contributed by atoms with Crippen LogP contribution in [0.15, 0.2) is 0 Å². The van der Waals surface area contributed by atoms with Crippen LogP contribution in [0.5, 0.6) is 0 Å². The summed E-state index contributed by atoms with van der Waals surface area (Å²) < 4.78 is 2.19. The Morgan fingerprint density at radius 2 is 2.31 bits per heavy atom. The maximum Gasteiger partial charge on any atom is 0.309 e. The van der Waals surface area contributed by atoms with Gasteiger partial charge in [0.1, 0.15) is 6.42 Å². The standard InChI is InChI=1S/C9H15NO2S/c1-7-10(5-4-8(11)12)9(2,3)6-13-7/h4-6H2,1-3H3/p+1.